The Morgan fingerprint density at radius 3 is 2.70 bits per heavy atom. The molecule has 0 amide bonds. The molecule has 0 aliphatic rings. The molecule has 0 bridgehead atoms. The van der Waals surface area contributed by atoms with Gasteiger partial charge in [0.2, 0.25) is 15.9 Å². The molecule has 0 saturated heterocycles. The maximum absolute atomic E-state index is 12.3. The monoisotopic (exact) mass is 296 g/mol. The maximum Gasteiger partial charge on any atom is 0.241 e. The topological polar surface area (TPSA) is 111 Å². The number of nitrogens with one attached hydrogen (secondary N) is 1. The third kappa shape index (κ3) is 3.21. The summed E-state index contributed by atoms with van der Waals surface area (Å²) in [5.41, 5.74) is 6.94. The SMILES string of the molecule is Cc1noc(CNS(=O)(=O)c2cc(CN)ccc2C)n1. The summed E-state index contributed by atoms with van der Waals surface area (Å²) in [6.07, 6.45) is 0. The molecule has 1 heterocycles. The van der Waals surface area contributed by atoms with Crippen LogP contribution in [-0.4, -0.2) is 18.6 Å². The first-order chi connectivity index (χ1) is 9.42. The molecular formula is C12H16N4O3S. The van der Waals surface area contributed by atoms with Crippen molar-refractivity contribution in [1.29, 1.82) is 0 Å². The Kier molecular flexibility index (Phi) is 4.17. The smallest absolute Gasteiger partial charge is 0.241 e. The van der Waals surface area contributed by atoms with Gasteiger partial charge in [-0.15, -0.1) is 0 Å². The summed E-state index contributed by atoms with van der Waals surface area (Å²) in [6, 6.07) is 5.10. The van der Waals surface area contributed by atoms with E-state index in [1.165, 1.54) is 0 Å². The summed E-state index contributed by atoms with van der Waals surface area (Å²) in [5, 5.41) is 3.60. The third-order valence-electron chi connectivity index (χ3n) is 2.76. The van der Waals surface area contributed by atoms with Gasteiger partial charge in [-0.1, -0.05) is 17.3 Å². The van der Waals surface area contributed by atoms with E-state index in [1.807, 2.05) is 0 Å². The Morgan fingerprint density at radius 1 is 1.35 bits per heavy atom. The molecule has 0 radical (unpaired) electrons. The van der Waals surface area contributed by atoms with Crippen LogP contribution in [0.1, 0.15) is 22.8 Å². The Balaban J connectivity index is 2.21. The van der Waals surface area contributed by atoms with Gasteiger partial charge in [0.15, 0.2) is 5.82 Å². The predicted octanol–water partition coefficient (Wildman–Crippen LogP) is 0.624. The molecule has 1 aromatic heterocycles. The number of nitrogens with zero attached hydrogens (tertiary/aromatic N) is 2. The van der Waals surface area contributed by atoms with Gasteiger partial charge in [-0.2, -0.15) is 4.98 Å². The van der Waals surface area contributed by atoms with Crippen LogP contribution in [-0.2, 0) is 23.1 Å². The second kappa shape index (κ2) is 5.70. The Labute approximate surface area is 117 Å². The van der Waals surface area contributed by atoms with E-state index < -0.39 is 10.0 Å². The first-order valence-electron chi connectivity index (χ1n) is 6.01. The van der Waals surface area contributed by atoms with Gasteiger partial charge in [0.25, 0.3) is 0 Å². The molecule has 0 spiro atoms. The van der Waals surface area contributed by atoms with Gasteiger partial charge in [-0.05, 0) is 31.0 Å². The van der Waals surface area contributed by atoms with E-state index in [0.29, 0.717) is 11.4 Å². The van der Waals surface area contributed by atoms with E-state index in [-0.39, 0.29) is 23.9 Å². The molecule has 0 atom stereocenters. The Hall–Kier alpha value is -1.77. The van der Waals surface area contributed by atoms with Gasteiger partial charge in [-0.25, -0.2) is 13.1 Å². The van der Waals surface area contributed by atoms with Crippen LogP contribution in [0.4, 0.5) is 0 Å². The van der Waals surface area contributed by atoms with Crippen LogP contribution in [0.3, 0.4) is 0 Å². The van der Waals surface area contributed by atoms with Gasteiger partial charge in [-0.3, -0.25) is 0 Å². The number of aromatic nitrogens is 2. The fourth-order valence-electron chi connectivity index (χ4n) is 1.71. The summed E-state index contributed by atoms with van der Waals surface area (Å²) < 4.78 is 31.8. The average molecular weight is 296 g/mol. The lowest BCUT2D eigenvalue weighted by Crippen LogP contribution is -2.24. The van der Waals surface area contributed by atoms with Crippen molar-refractivity contribution in [1.82, 2.24) is 14.9 Å². The molecule has 0 unspecified atom stereocenters. The van der Waals surface area contributed by atoms with Crippen LogP contribution >= 0.6 is 0 Å². The molecule has 1 aromatic carbocycles. The summed E-state index contributed by atoms with van der Waals surface area (Å²) >= 11 is 0. The average Bonchev–Trinajstić information content (AvgIpc) is 2.83. The second-order valence-corrected chi connectivity index (χ2v) is 6.10. The summed E-state index contributed by atoms with van der Waals surface area (Å²) in [7, 11) is -3.65. The van der Waals surface area contributed by atoms with Crippen molar-refractivity contribution in [3.8, 4) is 0 Å². The molecule has 3 N–H and O–H groups in total. The lowest BCUT2D eigenvalue weighted by atomic mass is 10.1. The van der Waals surface area contributed by atoms with Gasteiger partial charge in [0.05, 0.1) is 11.4 Å². The number of aryl methyl sites for hydroxylation is 2. The van der Waals surface area contributed by atoms with Crippen LogP contribution in [0.25, 0.3) is 0 Å². The number of sulfonamides is 1. The Bertz CT molecular complexity index is 709. The summed E-state index contributed by atoms with van der Waals surface area (Å²) in [5.74, 6) is 0.680. The maximum atomic E-state index is 12.3. The van der Waals surface area contributed by atoms with Gasteiger partial charge < -0.3 is 10.3 Å². The van der Waals surface area contributed by atoms with Crippen LogP contribution < -0.4 is 10.5 Å². The van der Waals surface area contributed by atoms with Crippen LogP contribution in [0.5, 0.6) is 0 Å². The van der Waals surface area contributed by atoms with Gasteiger partial charge in [0.1, 0.15) is 0 Å². The number of benzene rings is 1. The minimum absolute atomic E-state index is 0.0462. The highest BCUT2D eigenvalue weighted by Crippen LogP contribution is 2.17. The fourth-order valence-corrected chi connectivity index (χ4v) is 2.97. The van der Waals surface area contributed by atoms with E-state index in [4.69, 9.17) is 10.3 Å². The number of rotatable bonds is 5. The van der Waals surface area contributed by atoms with E-state index in [1.54, 1.807) is 32.0 Å². The molecule has 0 fully saturated rings. The molecule has 7 nitrogen and oxygen atoms in total. The largest absolute Gasteiger partial charge is 0.338 e. The highest BCUT2D eigenvalue weighted by atomic mass is 32.2. The molecule has 2 aromatic rings. The van der Waals surface area contributed by atoms with Crippen molar-refractivity contribution < 1.29 is 12.9 Å². The van der Waals surface area contributed by atoms with Crippen LogP contribution in [0, 0.1) is 13.8 Å². The fraction of sp³-hybridized carbons (Fsp3) is 0.333. The van der Waals surface area contributed by atoms with Crippen molar-refractivity contribution in [3.05, 3.63) is 41.0 Å². The molecule has 0 aliphatic carbocycles. The van der Waals surface area contributed by atoms with E-state index in [0.717, 1.165) is 5.56 Å². The van der Waals surface area contributed by atoms with Gasteiger partial charge >= 0.3 is 0 Å². The third-order valence-corrected chi connectivity index (χ3v) is 4.30. The van der Waals surface area contributed by atoms with Crippen molar-refractivity contribution in [3.63, 3.8) is 0 Å². The molecule has 0 aliphatic heterocycles. The zero-order valence-corrected chi connectivity index (χ0v) is 12.1. The molecule has 0 saturated carbocycles. The van der Waals surface area contributed by atoms with Crippen molar-refractivity contribution >= 4 is 10.0 Å². The molecule has 20 heavy (non-hydrogen) atoms. The molecular weight excluding hydrogens is 280 g/mol. The number of hydrogen-bond donors (Lipinski definition) is 2. The van der Waals surface area contributed by atoms with E-state index in [2.05, 4.69) is 14.9 Å². The first kappa shape index (κ1) is 14.6. The van der Waals surface area contributed by atoms with Gasteiger partial charge in [0, 0.05) is 6.54 Å². The Morgan fingerprint density at radius 2 is 2.10 bits per heavy atom. The van der Waals surface area contributed by atoms with E-state index >= 15 is 0 Å². The minimum Gasteiger partial charge on any atom is -0.338 e. The van der Waals surface area contributed by atoms with Crippen LogP contribution in [0.15, 0.2) is 27.6 Å². The number of nitrogens with two attached hydrogens (primary N) is 1. The summed E-state index contributed by atoms with van der Waals surface area (Å²) in [6.45, 7) is 3.63. The van der Waals surface area contributed by atoms with Crippen molar-refractivity contribution in [2.24, 2.45) is 5.73 Å². The molecule has 108 valence electrons. The zero-order chi connectivity index (χ0) is 14.8. The molecule has 8 heteroatoms. The highest BCUT2D eigenvalue weighted by Gasteiger charge is 2.18. The van der Waals surface area contributed by atoms with Crippen molar-refractivity contribution in [2.45, 2.75) is 31.8 Å². The lowest BCUT2D eigenvalue weighted by Gasteiger charge is -2.09. The number of hydrogen-bond acceptors (Lipinski definition) is 6. The standard InChI is InChI=1S/C12H16N4O3S/c1-8-3-4-10(6-13)5-11(8)20(17,18)14-7-12-15-9(2)16-19-12/h3-5,14H,6-7,13H2,1-2H3. The first-order valence-corrected chi connectivity index (χ1v) is 7.49. The van der Waals surface area contributed by atoms with E-state index in [9.17, 15) is 8.42 Å². The van der Waals surface area contributed by atoms with Crippen LogP contribution in [0.2, 0.25) is 0 Å². The summed E-state index contributed by atoms with van der Waals surface area (Å²) in [4.78, 5) is 4.14. The molecule has 2 rings (SSSR count). The predicted molar refractivity (Wildman–Crippen MR) is 72.1 cm³/mol. The van der Waals surface area contributed by atoms with Crippen molar-refractivity contribution in [2.75, 3.05) is 0 Å². The lowest BCUT2D eigenvalue weighted by molar-refractivity contribution is 0.372. The second-order valence-electron chi connectivity index (χ2n) is 4.36. The quantitative estimate of drug-likeness (QED) is 0.837. The highest BCUT2D eigenvalue weighted by molar-refractivity contribution is 7.89. The minimum atomic E-state index is -3.65. The zero-order valence-electron chi connectivity index (χ0n) is 11.3. The normalized spacial score (nSPS) is 11.8.